The molecule has 2 rings (SSSR count). The van der Waals surface area contributed by atoms with Crippen molar-refractivity contribution in [3.63, 3.8) is 0 Å². The Morgan fingerprint density at radius 1 is 0.621 bits per heavy atom. The van der Waals surface area contributed by atoms with E-state index in [1.165, 1.54) is 0 Å². The van der Waals surface area contributed by atoms with E-state index in [1.807, 2.05) is 0 Å². The molecule has 2 heterocycles. The molecule has 2 saturated heterocycles. The third-order valence-electron chi connectivity index (χ3n) is 4.56. The van der Waals surface area contributed by atoms with Crippen molar-refractivity contribution < 1.29 is 42.7 Å². The van der Waals surface area contributed by atoms with Crippen LogP contribution in [0, 0.1) is 0 Å². The monoisotopic (exact) mass is 418 g/mol. The molecule has 0 amide bonds. The van der Waals surface area contributed by atoms with Gasteiger partial charge in [0.05, 0.1) is 64.7 Å². The zero-order chi connectivity index (χ0) is 20.6. The first kappa shape index (κ1) is 24.0. The maximum absolute atomic E-state index is 11.6. The lowest BCUT2D eigenvalue weighted by molar-refractivity contribution is -0.148. The van der Waals surface area contributed by atoms with E-state index in [4.69, 9.17) is 33.2 Å². The predicted octanol–water partition coefficient (Wildman–Crippen LogP) is 1.26. The summed E-state index contributed by atoms with van der Waals surface area (Å²) in [6, 6.07) is 0. The molecule has 0 spiro atoms. The van der Waals surface area contributed by atoms with Gasteiger partial charge in [0.1, 0.15) is 13.2 Å². The standard InChI is InChI=1S/C20H34O9/c21-19(15-17-3-1-5-26-17)28-13-11-24-9-7-23-8-10-25-12-14-29-20(22)16-18-4-2-6-27-18/h17-18H,1-16H2. The van der Waals surface area contributed by atoms with Crippen LogP contribution in [0.1, 0.15) is 38.5 Å². The van der Waals surface area contributed by atoms with Crippen molar-refractivity contribution in [2.45, 2.75) is 50.7 Å². The minimum absolute atomic E-state index is 0.0117. The SMILES string of the molecule is O=C(CC1CCCO1)OCCOCCOCCOCCOC(=O)CC1CCCO1. The van der Waals surface area contributed by atoms with E-state index in [9.17, 15) is 9.59 Å². The van der Waals surface area contributed by atoms with Gasteiger partial charge in [-0.2, -0.15) is 0 Å². The molecule has 9 heteroatoms. The average Bonchev–Trinajstić information content (AvgIpc) is 3.39. The van der Waals surface area contributed by atoms with Crippen molar-refractivity contribution in [1.29, 1.82) is 0 Å². The summed E-state index contributed by atoms with van der Waals surface area (Å²) in [5.74, 6) is -0.488. The fourth-order valence-corrected chi connectivity index (χ4v) is 3.07. The lowest BCUT2D eigenvalue weighted by atomic mass is 10.2. The summed E-state index contributed by atoms with van der Waals surface area (Å²) in [6.07, 6.45) is 4.52. The number of esters is 2. The molecule has 2 atom stereocenters. The van der Waals surface area contributed by atoms with Gasteiger partial charge in [-0.3, -0.25) is 9.59 Å². The number of rotatable bonds is 16. The maximum atomic E-state index is 11.6. The lowest BCUT2D eigenvalue weighted by Crippen LogP contribution is -2.18. The molecule has 0 aliphatic carbocycles. The van der Waals surface area contributed by atoms with Gasteiger partial charge >= 0.3 is 11.9 Å². The molecule has 0 saturated carbocycles. The van der Waals surface area contributed by atoms with Gasteiger partial charge in [-0.05, 0) is 25.7 Å². The molecule has 0 aromatic rings. The summed E-state index contributed by atoms with van der Waals surface area (Å²) in [4.78, 5) is 23.1. The Labute approximate surface area is 172 Å². The Balaban J connectivity index is 1.25. The van der Waals surface area contributed by atoms with Gasteiger partial charge in [-0.25, -0.2) is 0 Å². The van der Waals surface area contributed by atoms with Crippen LogP contribution in [0.5, 0.6) is 0 Å². The highest BCUT2D eigenvalue weighted by atomic mass is 16.6. The number of carbonyl (C=O) groups is 2. The topological polar surface area (TPSA) is 98.8 Å². The van der Waals surface area contributed by atoms with Gasteiger partial charge in [0.2, 0.25) is 0 Å². The van der Waals surface area contributed by atoms with Crippen LogP contribution >= 0.6 is 0 Å². The van der Waals surface area contributed by atoms with Crippen molar-refractivity contribution in [2.75, 3.05) is 66.1 Å². The van der Waals surface area contributed by atoms with Crippen LogP contribution in [-0.2, 0) is 42.7 Å². The van der Waals surface area contributed by atoms with E-state index in [0.717, 1.165) is 38.9 Å². The van der Waals surface area contributed by atoms with Gasteiger partial charge in [-0.1, -0.05) is 0 Å². The Morgan fingerprint density at radius 2 is 1.00 bits per heavy atom. The maximum Gasteiger partial charge on any atom is 0.308 e. The van der Waals surface area contributed by atoms with E-state index in [-0.39, 0.29) is 37.4 Å². The summed E-state index contributed by atoms with van der Waals surface area (Å²) in [5, 5.41) is 0. The molecule has 168 valence electrons. The second kappa shape index (κ2) is 15.6. The van der Waals surface area contributed by atoms with E-state index in [1.54, 1.807) is 0 Å². The van der Waals surface area contributed by atoms with Crippen molar-refractivity contribution in [2.24, 2.45) is 0 Å². The minimum atomic E-state index is -0.244. The second-order valence-corrected chi connectivity index (χ2v) is 6.96. The number of hydrogen-bond donors (Lipinski definition) is 0. The second-order valence-electron chi connectivity index (χ2n) is 6.96. The normalized spacial score (nSPS) is 21.4. The smallest absolute Gasteiger partial charge is 0.308 e. The fraction of sp³-hybridized carbons (Fsp3) is 0.900. The number of ether oxygens (including phenoxy) is 7. The lowest BCUT2D eigenvalue weighted by Gasteiger charge is -2.10. The molecule has 0 aromatic carbocycles. The van der Waals surface area contributed by atoms with Crippen molar-refractivity contribution in [1.82, 2.24) is 0 Å². The van der Waals surface area contributed by atoms with Gasteiger partial charge in [-0.15, -0.1) is 0 Å². The van der Waals surface area contributed by atoms with Gasteiger partial charge < -0.3 is 33.2 Å². The summed E-state index contributed by atoms with van der Waals surface area (Å²) < 4.78 is 37.0. The first-order chi connectivity index (χ1) is 14.2. The molecule has 2 fully saturated rings. The Hall–Kier alpha value is -1.26. The highest BCUT2D eigenvalue weighted by Crippen LogP contribution is 2.16. The molecular formula is C20H34O9. The molecule has 0 radical (unpaired) electrons. The fourth-order valence-electron chi connectivity index (χ4n) is 3.07. The largest absolute Gasteiger partial charge is 0.463 e. The van der Waals surface area contributed by atoms with Crippen molar-refractivity contribution in [3.05, 3.63) is 0 Å². The average molecular weight is 418 g/mol. The van der Waals surface area contributed by atoms with E-state index in [2.05, 4.69) is 0 Å². The molecule has 0 N–H and O–H groups in total. The summed E-state index contributed by atoms with van der Waals surface area (Å²) in [6.45, 7) is 4.33. The van der Waals surface area contributed by atoms with Crippen LogP contribution in [0.15, 0.2) is 0 Å². The molecule has 0 aromatic heterocycles. The number of carbonyl (C=O) groups excluding carboxylic acids is 2. The molecule has 0 bridgehead atoms. The zero-order valence-electron chi connectivity index (χ0n) is 17.1. The van der Waals surface area contributed by atoms with Crippen molar-refractivity contribution in [3.8, 4) is 0 Å². The van der Waals surface area contributed by atoms with Gasteiger partial charge in [0.15, 0.2) is 0 Å². The minimum Gasteiger partial charge on any atom is -0.463 e. The zero-order valence-corrected chi connectivity index (χ0v) is 17.1. The van der Waals surface area contributed by atoms with Crippen LogP contribution in [-0.4, -0.2) is 90.2 Å². The third kappa shape index (κ3) is 12.1. The van der Waals surface area contributed by atoms with E-state index in [0.29, 0.717) is 52.5 Å². The molecule has 2 aliphatic heterocycles. The molecule has 2 aliphatic rings. The summed E-state index contributed by atoms with van der Waals surface area (Å²) >= 11 is 0. The quantitative estimate of drug-likeness (QED) is 0.271. The highest BCUT2D eigenvalue weighted by molar-refractivity contribution is 5.70. The number of hydrogen-bond acceptors (Lipinski definition) is 9. The molecule has 2 unspecified atom stereocenters. The van der Waals surface area contributed by atoms with E-state index >= 15 is 0 Å². The van der Waals surface area contributed by atoms with Crippen LogP contribution in [0.2, 0.25) is 0 Å². The molecule has 29 heavy (non-hydrogen) atoms. The predicted molar refractivity (Wildman–Crippen MR) is 102 cm³/mol. The van der Waals surface area contributed by atoms with Crippen molar-refractivity contribution >= 4 is 11.9 Å². The van der Waals surface area contributed by atoms with Gasteiger partial charge in [0, 0.05) is 13.2 Å². The van der Waals surface area contributed by atoms with Crippen LogP contribution in [0.25, 0.3) is 0 Å². The van der Waals surface area contributed by atoms with Crippen LogP contribution in [0.3, 0.4) is 0 Å². The first-order valence-electron chi connectivity index (χ1n) is 10.5. The Morgan fingerprint density at radius 3 is 1.34 bits per heavy atom. The van der Waals surface area contributed by atoms with Crippen LogP contribution < -0.4 is 0 Å². The van der Waals surface area contributed by atoms with Gasteiger partial charge in [0.25, 0.3) is 0 Å². The highest BCUT2D eigenvalue weighted by Gasteiger charge is 2.20. The molecule has 9 nitrogen and oxygen atoms in total. The Bertz CT molecular complexity index is 405. The molecular weight excluding hydrogens is 384 g/mol. The Kier molecular flexibility index (Phi) is 12.9. The van der Waals surface area contributed by atoms with Crippen LogP contribution in [0.4, 0.5) is 0 Å². The van der Waals surface area contributed by atoms with E-state index < -0.39 is 0 Å². The summed E-state index contributed by atoms with van der Waals surface area (Å²) in [7, 11) is 0. The third-order valence-corrected chi connectivity index (χ3v) is 4.56. The first-order valence-corrected chi connectivity index (χ1v) is 10.5. The summed E-state index contributed by atoms with van der Waals surface area (Å²) in [5.41, 5.74) is 0.